The summed E-state index contributed by atoms with van der Waals surface area (Å²) in [4.78, 5) is 40.0. The second kappa shape index (κ2) is 19.5. The van der Waals surface area contributed by atoms with Gasteiger partial charge in [-0.2, -0.15) is 0 Å². The Morgan fingerprint density at radius 1 is 0.339 bits per heavy atom. The second-order valence-electron chi connectivity index (χ2n) is 12.1. The Morgan fingerprint density at radius 2 is 0.627 bits per heavy atom. The quantitative estimate of drug-likeness (QED) is 0.0513. The number of carbonyl (C=O) groups excluding carboxylic acids is 3. The molecule has 15 nitrogen and oxygen atoms in total. The Hall–Kier alpha value is -7.55. The number of benzene rings is 5. The lowest BCUT2D eigenvalue weighted by Gasteiger charge is -2.15. The SMILES string of the molecule is COc1cc(C(=O)Oc2ccc(/C=C/c3cc(OC(=O)c4cc(OC)c(OC)c(OC)c4)cc(OC(=O)c4cc(OC)c(OC)c(OC)c4)c3)cc2)cc(OC)c1OC. The molecule has 0 spiro atoms. The zero-order valence-electron chi connectivity index (χ0n) is 33.8. The lowest BCUT2D eigenvalue weighted by molar-refractivity contribution is 0.0719. The first-order valence-corrected chi connectivity index (χ1v) is 17.5. The molecule has 0 aromatic heterocycles. The van der Waals surface area contributed by atoms with Gasteiger partial charge in [0.2, 0.25) is 17.2 Å². The van der Waals surface area contributed by atoms with Crippen LogP contribution in [0.5, 0.6) is 69.0 Å². The number of methoxy groups -OCH3 is 9. The molecule has 308 valence electrons. The summed E-state index contributed by atoms with van der Waals surface area (Å²) in [5, 5.41) is 0. The van der Waals surface area contributed by atoms with Crippen LogP contribution in [0.25, 0.3) is 12.2 Å². The molecule has 0 radical (unpaired) electrons. The van der Waals surface area contributed by atoms with Crippen LogP contribution in [0.1, 0.15) is 42.2 Å². The fraction of sp³-hybridized carbons (Fsp3) is 0.205. The van der Waals surface area contributed by atoms with E-state index in [0.29, 0.717) is 39.9 Å². The maximum atomic E-state index is 13.5. The van der Waals surface area contributed by atoms with Crippen LogP contribution in [0.15, 0.2) is 78.9 Å². The molecule has 0 amide bonds. The maximum absolute atomic E-state index is 13.5. The third-order valence-electron chi connectivity index (χ3n) is 8.58. The number of rotatable bonds is 17. The minimum atomic E-state index is -0.760. The lowest BCUT2D eigenvalue weighted by atomic mass is 10.1. The molecule has 0 saturated carbocycles. The summed E-state index contributed by atoms with van der Waals surface area (Å²) < 4.78 is 65.5. The van der Waals surface area contributed by atoms with E-state index in [1.54, 1.807) is 48.6 Å². The van der Waals surface area contributed by atoms with Crippen LogP contribution in [0.4, 0.5) is 0 Å². The molecule has 0 atom stereocenters. The van der Waals surface area contributed by atoms with Crippen LogP contribution in [0.2, 0.25) is 0 Å². The average molecular weight is 811 g/mol. The molecule has 5 rings (SSSR count). The van der Waals surface area contributed by atoms with E-state index in [1.807, 2.05) is 0 Å². The molecule has 15 heteroatoms. The number of esters is 3. The van der Waals surface area contributed by atoms with Gasteiger partial charge in [-0.3, -0.25) is 0 Å². The second-order valence-corrected chi connectivity index (χ2v) is 12.1. The standard InChI is InChI=1S/C44H42O15/c1-48-33-18-27(19-34(49-2)39(33)54-7)42(45)57-30-14-12-25(13-15-30)10-11-26-16-31(58-43(46)28-20-35(50-3)40(55-8)36(21-28)51-4)24-32(17-26)59-44(47)29-22-37(52-5)41(56-9)38(23-29)53-6/h10-24H,1-9H3/b11-10+. The highest BCUT2D eigenvalue weighted by Crippen LogP contribution is 2.41. The van der Waals surface area contributed by atoms with Gasteiger partial charge in [0.05, 0.1) is 80.7 Å². The van der Waals surface area contributed by atoms with E-state index in [0.717, 1.165) is 0 Å². The van der Waals surface area contributed by atoms with E-state index in [9.17, 15) is 14.4 Å². The van der Waals surface area contributed by atoms with Crippen molar-refractivity contribution in [3.05, 3.63) is 107 Å². The van der Waals surface area contributed by atoms with Crippen molar-refractivity contribution in [3.63, 3.8) is 0 Å². The Balaban J connectivity index is 1.43. The van der Waals surface area contributed by atoms with Gasteiger partial charge in [-0.1, -0.05) is 24.3 Å². The lowest BCUT2D eigenvalue weighted by Crippen LogP contribution is -2.11. The van der Waals surface area contributed by atoms with Gasteiger partial charge in [0.25, 0.3) is 0 Å². The summed E-state index contributed by atoms with van der Waals surface area (Å²) in [6.45, 7) is 0. The highest BCUT2D eigenvalue weighted by atomic mass is 16.6. The van der Waals surface area contributed by atoms with Crippen molar-refractivity contribution in [2.75, 3.05) is 64.0 Å². The van der Waals surface area contributed by atoms with Crippen LogP contribution in [0.3, 0.4) is 0 Å². The third-order valence-corrected chi connectivity index (χ3v) is 8.58. The number of hydrogen-bond donors (Lipinski definition) is 0. The van der Waals surface area contributed by atoms with Crippen molar-refractivity contribution >= 4 is 30.1 Å². The fourth-order valence-electron chi connectivity index (χ4n) is 5.74. The van der Waals surface area contributed by atoms with Gasteiger partial charge in [-0.05, 0) is 71.8 Å². The van der Waals surface area contributed by atoms with Crippen molar-refractivity contribution in [3.8, 4) is 69.0 Å². The minimum absolute atomic E-state index is 0.0487. The molecule has 0 unspecified atom stereocenters. The van der Waals surface area contributed by atoms with E-state index >= 15 is 0 Å². The molecule has 0 aliphatic carbocycles. The Kier molecular flexibility index (Phi) is 14.1. The Labute approximate surface area is 340 Å². The van der Waals surface area contributed by atoms with E-state index in [2.05, 4.69) is 0 Å². The Morgan fingerprint density at radius 3 is 0.915 bits per heavy atom. The van der Waals surface area contributed by atoms with Crippen LogP contribution in [0, 0.1) is 0 Å². The maximum Gasteiger partial charge on any atom is 0.343 e. The van der Waals surface area contributed by atoms with E-state index < -0.39 is 17.9 Å². The first-order chi connectivity index (χ1) is 28.5. The van der Waals surface area contributed by atoms with Crippen molar-refractivity contribution in [2.45, 2.75) is 0 Å². The largest absolute Gasteiger partial charge is 0.493 e. The summed E-state index contributed by atoms with van der Waals surface area (Å²) in [6.07, 6.45) is 3.47. The number of ether oxygens (including phenoxy) is 12. The topological polar surface area (TPSA) is 162 Å². The van der Waals surface area contributed by atoms with Crippen LogP contribution in [-0.4, -0.2) is 81.9 Å². The minimum Gasteiger partial charge on any atom is -0.493 e. The van der Waals surface area contributed by atoms with E-state index in [1.165, 1.54) is 106 Å². The molecule has 0 saturated heterocycles. The third kappa shape index (κ3) is 9.89. The normalized spacial score (nSPS) is 10.6. The average Bonchev–Trinajstić information content (AvgIpc) is 3.26. The molecule has 5 aromatic rings. The predicted octanol–water partition coefficient (Wildman–Crippen LogP) is 7.59. The summed E-state index contributed by atoms with van der Waals surface area (Å²) in [6, 6.07) is 20.0. The zero-order valence-corrected chi connectivity index (χ0v) is 33.8. The van der Waals surface area contributed by atoms with Gasteiger partial charge in [-0.15, -0.1) is 0 Å². The summed E-state index contributed by atoms with van der Waals surface area (Å²) in [5.41, 5.74) is 1.60. The smallest absolute Gasteiger partial charge is 0.343 e. The summed E-state index contributed by atoms with van der Waals surface area (Å²) in [5.74, 6) is 0.749. The van der Waals surface area contributed by atoms with E-state index in [4.69, 9.17) is 56.8 Å². The Bertz CT molecular complexity index is 2180. The molecule has 0 aliphatic rings. The zero-order chi connectivity index (χ0) is 42.6. The molecule has 0 heterocycles. The summed E-state index contributed by atoms with van der Waals surface area (Å²) >= 11 is 0. The van der Waals surface area contributed by atoms with Gasteiger partial charge >= 0.3 is 17.9 Å². The first kappa shape index (κ1) is 42.6. The predicted molar refractivity (Wildman–Crippen MR) is 215 cm³/mol. The molecule has 0 aliphatic heterocycles. The summed E-state index contributed by atoms with van der Waals surface area (Å²) in [7, 11) is 13.0. The molecule has 0 fully saturated rings. The number of hydrogen-bond acceptors (Lipinski definition) is 15. The van der Waals surface area contributed by atoms with E-state index in [-0.39, 0.29) is 56.9 Å². The van der Waals surface area contributed by atoms with Crippen LogP contribution in [-0.2, 0) is 0 Å². The van der Waals surface area contributed by atoms with Crippen LogP contribution < -0.4 is 56.8 Å². The molecule has 0 N–H and O–H groups in total. The van der Waals surface area contributed by atoms with Crippen molar-refractivity contribution in [2.24, 2.45) is 0 Å². The monoisotopic (exact) mass is 810 g/mol. The highest BCUT2D eigenvalue weighted by Gasteiger charge is 2.22. The molecular weight excluding hydrogens is 768 g/mol. The molecule has 59 heavy (non-hydrogen) atoms. The van der Waals surface area contributed by atoms with Gasteiger partial charge in [0.1, 0.15) is 17.2 Å². The van der Waals surface area contributed by atoms with Crippen molar-refractivity contribution in [1.29, 1.82) is 0 Å². The molecular formula is C44H42O15. The number of carbonyl (C=O) groups is 3. The fourth-order valence-corrected chi connectivity index (χ4v) is 5.74. The van der Waals surface area contributed by atoms with Gasteiger partial charge < -0.3 is 56.8 Å². The first-order valence-electron chi connectivity index (χ1n) is 17.5. The molecule has 5 aromatic carbocycles. The van der Waals surface area contributed by atoms with Gasteiger partial charge in [0.15, 0.2) is 34.5 Å². The van der Waals surface area contributed by atoms with Gasteiger partial charge in [-0.25, -0.2) is 14.4 Å². The van der Waals surface area contributed by atoms with Crippen molar-refractivity contribution in [1.82, 2.24) is 0 Å². The van der Waals surface area contributed by atoms with Crippen LogP contribution >= 0.6 is 0 Å². The highest BCUT2D eigenvalue weighted by molar-refractivity contribution is 5.95. The van der Waals surface area contributed by atoms with Crippen molar-refractivity contribution < 1.29 is 71.2 Å². The molecule has 0 bridgehead atoms. The van der Waals surface area contributed by atoms with Gasteiger partial charge in [0, 0.05) is 6.07 Å².